The molecular weight excluding hydrogens is 566 g/mol. The van der Waals surface area contributed by atoms with Crippen molar-refractivity contribution in [1.29, 1.82) is 0 Å². The van der Waals surface area contributed by atoms with Gasteiger partial charge in [0, 0.05) is 37.2 Å². The maximum Gasteiger partial charge on any atom is 0.320 e. The van der Waals surface area contributed by atoms with E-state index in [0.29, 0.717) is 24.6 Å². The van der Waals surface area contributed by atoms with Gasteiger partial charge in [-0.05, 0) is 30.7 Å². The molecule has 11 nitrogen and oxygen atoms in total. The number of nitrogens with two attached hydrogens (primary N) is 1. The van der Waals surface area contributed by atoms with Crippen molar-refractivity contribution in [1.82, 2.24) is 19.5 Å². The minimum Gasteiger partial charge on any atom is -0.471 e. The second-order valence-corrected chi connectivity index (χ2v) is 9.76. The predicted molar refractivity (Wildman–Crippen MR) is 131 cm³/mol. The van der Waals surface area contributed by atoms with E-state index in [1.54, 1.807) is 4.90 Å². The van der Waals surface area contributed by atoms with E-state index in [1.807, 2.05) is 7.05 Å². The van der Waals surface area contributed by atoms with Crippen molar-refractivity contribution in [3.8, 4) is 5.88 Å². The number of aliphatic hydroxyl groups excluding tert-OH is 1. The number of aliphatic hydroxyl groups is 1. The van der Waals surface area contributed by atoms with Gasteiger partial charge in [0.15, 0.2) is 0 Å². The van der Waals surface area contributed by atoms with Crippen molar-refractivity contribution in [3.05, 3.63) is 39.4 Å². The van der Waals surface area contributed by atoms with Gasteiger partial charge in [-0.1, -0.05) is 15.9 Å². The van der Waals surface area contributed by atoms with Crippen molar-refractivity contribution in [2.75, 3.05) is 45.1 Å². The van der Waals surface area contributed by atoms with E-state index in [-0.39, 0.29) is 45.4 Å². The first kappa shape index (κ1) is 27.7. The molecule has 1 aliphatic heterocycles. The van der Waals surface area contributed by atoms with Gasteiger partial charge in [-0.3, -0.25) is 14.9 Å². The molecule has 1 aromatic heterocycles. The molecule has 0 saturated carbocycles. The van der Waals surface area contributed by atoms with Crippen LogP contribution in [-0.2, 0) is 11.4 Å². The summed E-state index contributed by atoms with van der Waals surface area (Å²) < 4.78 is 37.5. The highest BCUT2D eigenvalue weighted by Gasteiger charge is 2.24. The summed E-state index contributed by atoms with van der Waals surface area (Å²) in [5.41, 5.74) is 4.72. The number of hydrogen-bond donors (Lipinski definition) is 4. The zero-order chi connectivity index (χ0) is 26.4. The third kappa shape index (κ3) is 7.32. The van der Waals surface area contributed by atoms with Crippen molar-refractivity contribution >= 4 is 50.3 Å². The number of ether oxygens (including phenoxy) is 1. The molecule has 5 N–H and O–H groups in total. The number of hydrogen-bond acceptors (Lipinski definition) is 8. The summed E-state index contributed by atoms with van der Waals surface area (Å²) in [6.45, 7) is 1.84. The molecule has 4 amide bonds. The normalized spacial score (nSPS) is 14.9. The van der Waals surface area contributed by atoms with Gasteiger partial charge < -0.3 is 30.7 Å². The summed E-state index contributed by atoms with van der Waals surface area (Å²) in [5, 5.41) is 14.9. The average molecular weight is 591 g/mol. The fourth-order valence-corrected chi connectivity index (χ4v) is 4.48. The van der Waals surface area contributed by atoms with Gasteiger partial charge in [-0.25, -0.2) is 13.6 Å². The topological polar surface area (TPSA) is 150 Å². The molecule has 1 fully saturated rings. The van der Waals surface area contributed by atoms with E-state index in [9.17, 15) is 28.3 Å². The number of carbonyl (C=O) groups is 3. The molecule has 1 atom stereocenters. The fraction of sp³-hybridized carbons (Fsp3) is 0.429. The minimum absolute atomic E-state index is 0.0604. The van der Waals surface area contributed by atoms with Crippen LogP contribution in [0.2, 0.25) is 0 Å². The van der Waals surface area contributed by atoms with Gasteiger partial charge in [0.1, 0.15) is 28.8 Å². The SMILES string of the molecule is CN1CCN(C(=O)CC(O)CNC(=O)Nc2snc(OCc3c(F)cc(Br)cc3F)c2C(N)=O)CC1. The molecule has 15 heteroatoms. The van der Waals surface area contributed by atoms with Crippen LogP contribution in [0.3, 0.4) is 0 Å². The summed E-state index contributed by atoms with van der Waals surface area (Å²) in [7, 11) is 1.96. The molecule has 3 rings (SSSR count). The lowest BCUT2D eigenvalue weighted by Gasteiger charge is -2.32. The van der Waals surface area contributed by atoms with E-state index in [0.717, 1.165) is 25.2 Å². The first-order chi connectivity index (χ1) is 17.0. The number of nitrogens with one attached hydrogen (secondary N) is 2. The van der Waals surface area contributed by atoms with E-state index in [1.165, 1.54) is 0 Å². The molecule has 0 radical (unpaired) electrons. The van der Waals surface area contributed by atoms with Crippen LogP contribution in [0.4, 0.5) is 18.6 Å². The molecule has 2 heterocycles. The zero-order valence-electron chi connectivity index (χ0n) is 19.2. The molecule has 0 aliphatic carbocycles. The quantitative estimate of drug-likeness (QED) is 0.345. The van der Waals surface area contributed by atoms with E-state index >= 15 is 0 Å². The maximum absolute atomic E-state index is 14.0. The van der Waals surface area contributed by atoms with Crippen molar-refractivity contribution in [2.24, 2.45) is 5.73 Å². The molecule has 1 aromatic carbocycles. The Morgan fingerprint density at radius 1 is 1.25 bits per heavy atom. The highest BCUT2D eigenvalue weighted by Crippen LogP contribution is 2.31. The van der Waals surface area contributed by atoms with Crippen molar-refractivity contribution in [3.63, 3.8) is 0 Å². The van der Waals surface area contributed by atoms with Gasteiger partial charge in [0.05, 0.1) is 18.1 Å². The highest BCUT2D eigenvalue weighted by atomic mass is 79.9. The van der Waals surface area contributed by atoms with Crippen LogP contribution in [0.1, 0.15) is 22.3 Å². The lowest BCUT2D eigenvalue weighted by molar-refractivity contribution is -0.134. The predicted octanol–water partition coefficient (Wildman–Crippen LogP) is 1.51. The van der Waals surface area contributed by atoms with Crippen LogP contribution in [0.15, 0.2) is 16.6 Å². The first-order valence-corrected chi connectivity index (χ1v) is 12.4. The number of urea groups is 1. The van der Waals surface area contributed by atoms with Crippen LogP contribution in [0.5, 0.6) is 5.88 Å². The van der Waals surface area contributed by atoms with Gasteiger partial charge in [-0.2, -0.15) is 4.37 Å². The summed E-state index contributed by atoms with van der Waals surface area (Å²) in [6, 6.07) is 1.33. The molecule has 0 spiro atoms. The molecule has 36 heavy (non-hydrogen) atoms. The third-order valence-electron chi connectivity index (χ3n) is 5.36. The first-order valence-electron chi connectivity index (χ1n) is 10.8. The van der Waals surface area contributed by atoms with Gasteiger partial charge in [-0.15, -0.1) is 0 Å². The fourth-order valence-electron chi connectivity index (χ4n) is 3.34. The molecule has 2 aromatic rings. The lowest BCUT2D eigenvalue weighted by atomic mass is 10.2. The second kappa shape index (κ2) is 12.4. The number of carbonyl (C=O) groups excluding carboxylic acids is 3. The largest absolute Gasteiger partial charge is 0.471 e. The van der Waals surface area contributed by atoms with Gasteiger partial charge in [0.25, 0.3) is 5.91 Å². The number of benzene rings is 1. The number of aromatic nitrogens is 1. The average Bonchev–Trinajstić information content (AvgIpc) is 3.20. The Morgan fingerprint density at radius 2 is 1.89 bits per heavy atom. The van der Waals surface area contributed by atoms with Gasteiger partial charge in [0.2, 0.25) is 11.8 Å². The zero-order valence-corrected chi connectivity index (χ0v) is 21.6. The number of primary amides is 1. The molecule has 1 unspecified atom stereocenters. The molecule has 1 aliphatic rings. The Hall–Kier alpha value is -2.88. The Kier molecular flexibility index (Phi) is 9.53. The number of rotatable bonds is 9. The van der Waals surface area contributed by atoms with E-state index in [2.05, 4.69) is 35.8 Å². The number of likely N-dealkylation sites (N-methyl/N-ethyl adjacent to an activating group) is 1. The lowest BCUT2D eigenvalue weighted by Crippen LogP contribution is -2.48. The van der Waals surface area contributed by atoms with Crippen LogP contribution < -0.4 is 21.1 Å². The maximum atomic E-state index is 14.0. The summed E-state index contributed by atoms with van der Waals surface area (Å²) in [5.74, 6) is -3.22. The number of nitrogens with zero attached hydrogens (tertiary/aromatic N) is 3. The number of amides is 4. The standard InChI is InChI=1S/C21H25BrF2N6O5S/c1-29-2-4-30(5-3-29)16(32)8-12(31)9-26-21(34)27-20-17(18(25)33)19(28-36-20)35-10-13-14(23)6-11(22)7-15(13)24/h6-7,12,31H,2-5,8-10H2,1H3,(H2,25,33)(H2,26,27,34). The molecule has 1 saturated heterocycles. The van der Waals surface area contributed by atoms with Crippen LogP contribution in [-0.4, -0.2) is 83.0 Å². The van der Waals surface area contributed by atoms with E-state index < -0.39 is 36.3 Å². The highest BCUT2D eigenvalue weighted by molar-refractivity contribution is 9.10. The number of anilines is 1. The minimum atomic E-state index is -1.12. The molecular formula is C21H25BrF2N6O5S. The van der Waals surface area contributed by atoms with Crippen molar-refractivity contribution in [2.45, 2.75) is 19.1 Å². The molecule has 196 valence electrons. The summed E-state index contributed by atoms with van der Waals surface area (Å²) >= 11 is 3.65. The molecule has 0 bridgehead atoms. The Morgan fingerprint density at radius 3 is 2.50 bits per heavy atom. The van der Waals surface area contributed by atoms with Crippen LogP contribution in [0.25, 0.3) is 0 Å². The Labute approximate surface area is 217 Å². The summed E-state index contributed by atoms with van der Waals surface area (Å²) in [6.07, 6.45) is -1.27. The number of halogens is 3. The van der Waals surface area contributed by atoms with Gasteiger partial charge >= 0.3 is 6.03 Å². The van der Waals surface area contributed by atoms with E-state index in [4.69, 9.17) is 10.5 Å². The Bertz CT molecular complexity index is 1110. The summed E-state index contributed by atoms with van der Waals surface area (Å²) in [4.78, 5) is 40.3. The third-order valence-corrected chi connectivity index (χ3v) is 6.56. The van der Waals surface area contributed by atoms with Crippen LogP contribution in [0, 0.1) is 11.6 Å². The monoisotopic (exact) mass is 590 g/mol. The smallest absolute Gasteiger partial charge is 0.320 e. The van der Waals surface area contributed by atoms with Crippen LogP contribution >= 0.6 is 27.5 Å². The number of piperazine rings is 1. The van der Waals surface area contributed by atoms with Crippen molar-refractivity contribution < 1.29 is 33.0 Å². The second-order valence-electron chi connectivity index (χ2n) is 8.07. The Balaban J connectivity index is 1.54.